The molecule has 0 amide bonds. The van der Waals surface area contributed by atoms with Gasteiger partial charge in [0.15, 0.2) is 12.6 Å². The van der Waals surface area contributed by atoms with Crippen molar-refractivity contribution in [3.8, 4) is 62.7 Å². The number of carbonyl (C=O) groups excluding carboxylic acids is 1. The van der Waals surface area contributed by atoms with Crippen molar-refractivity contribution in [2.75, 3.05) is 34.2 Å². The molecule has 1 atom stereocenters. The van der Waals surface area contributed by atoms with Crippen molar-refractivity contribution in [3.05, 3.63) is 125 Å². The summed E-state index contributed by atoms with van der Waals surface area (Å²) < 4.78 is 47.2. The molecule has 0 saturated heterocycles. The summed E-state index contributed by atoms with van der Waals surface area (Å²) in [5, 5.41) is 1.10. The maximum Gasteiger partial charge on any atom is 0.347 e. The molecule has 332 valence electrons. The van der Waals surface area contributed by atoms with Gasteiger partial charge in [-0.25, -0.2) is 14.8 Å². The first kappa shape index (κ1) is 45.9. The Bertz CT molecular complexity index is 2730. The molecule has 64 heavy (non-hydrogen) atoms. The molecule has 0 bridgehead atoms. The van der Waals surface area contributed by atoms with Gasteiger partial charge in [0.05, 0.1) is 52.9 Å². The third-order valence-corrected chi connectivity index (χ3v) is 13.3. The molecule has 15 heteroatoms. The van der Waals surface area contributed by atoms with Gasteiger partial charge in [-0.2, -0.15) is 4.37 Å². The molecule has 0 aliphatic heterocycles. The summed E-state index contributed by atoms with van der Waals surface area (Å²) in [6, 6.07) is 29.4. The summed E-state index contributed by atoms with van der Waals surface area (Å²) >= 11 is 8.30. The second kappa shape index (κ2) is 21.1. The van der Waals surface area contributed by atoms with E-state index in [9.17, 15) is 4.79 Å². The van der Waals surface area contributed by atoms with Gasteiger partial charge in [-0.05, 0) is 90.6 Å². The fraction of sp³-hybridized carbons (Fsp3) is 0.286. The molecule has 4 aromatic carbocycles. The van der Waals surface area contributed by atoms with Gasteiger partial charge in [-0.3, -0.25) is 4.98 Å². The van der Waals surface area contributed by atoms with E-state index in [1.165, 1.54) is 11.5 Å². The van der Waals surface area contributed by atoms with E-state index < -0.39 is 20.1 Å². The summed E-state index contributed by atoms with van der Waals surface area (Å²) in [4.78, 5) is 28.0. The first-order valence-corrected chi connectivity index (χ1v) is 25.8. The molecule has 0 saturated carbocycles. The van der Waals surface area contributed by atoms with Crippen LogP contribution in [0.25, 0.3) is 43.9 Å². The van der Waals surface area contributed by atoms with Crippen LogP contribution in [0, 0.1) is 6.92 Å². The minimum atomic E-state index is -1.26. The van der Waals surface area contributed by atoms with Gasteiger partial charge in [0.1, 0.15) is 29.6 Å². The van der Waals surface area contributed by atoms with Gasteiger partial charge >= 0.3 is 5.97 Å². The van der Waals surface area contributed by atoms with Crippen molar-refractivity contribution in [2.45, 2.75) is 58.7 Å². The molecule has 0 aliphatic carbocycles. The van der Waals surface area contributed by atoms with Gasteiger partial charge in [-0.1, -0.05) is 79.8 Å². The highest BCUT2D eigenvalue weighted by atomic mass is 35.5. The topological polar surface area (TPSA) is 133 Å². The van der Waals surface area contributed by atoms with Gasteiger partial charge in [0, 0.05) is 44.6 Å². The van der Waals surface area contributed by atoms with Gasteiger partial charge < -0.3 is 33.2 Å². The molecule has 3 aromatic heterocycles. The Morgan fingerprint density at radius 2 is 1.66 bits per heavy atom. The number of hydrogen-bond donors (Lipinski definition) is 0. The van der Waals surface area contributed by atoms with Crippen molar-refractivity contribution >= 4 is 47.3 Å². The number of fused-ring (bicyclic) bond motifs is 1. The highest BCUT2D eigenvalue weighted by Crippen LogP contribution is 2.46. The van der Waals surface area contributed by atoms with E-state index in [4.69, 9.17) is 59.1 Å². The standard InChI is InChI=1S/C49H51ClN4O8SSi/c1-8-59-49(55)41(27-32-14-9-11-18-38(32)60-29-34-22-23-51-47(53-34)37-17-10-12-19-39(37)57-4)62-48-44-42(63-54-48)28-52-46(33-15-13-16-35(26-33)56-3)43(44)36-20-21-40(45(50)31(36)2)61-30-58-24-25-64(5,6)7/h9-23,26,28,41H,8,24-25,27,29-30H2,1-7H3/t41-/m1/s1. The molecular weight excluding hydrogens is 868 g/mol. The lowest BCUT2D eigenvalue weighted by Crippen LogP contribution is -2.32. The van der Waals surface area contributed by atoms with Crippen LogP contribution < -0.4 is 23.7 Å². The Balaban J connectivity index is 1.22. The summed E-state index contributed by atoms with van der Waals surface area (Å²) in [6.45, 7) is 11.6. The number of aromatic nitrogens is 4. The number of para-hydroxylation sites is 2. The zero-order valence-corrected chi connectivity index (χ0v) is 39.5. The lowest BCUT2D eigenvalue weighted by Gasteiger charge is -2.20. The Hall–Kier alpha value is -6.06. The van der Waals surface area contributed by atoms with Crippen LogP contribution in [0.2, 0.25) is 30.7 Å². The van der Waals surface area contributed by atoms with E-state index in [2.05, 4.69) is 24.6 Å². The minimum absolute atomic E-state index is 0.0799. The number of benzene rings is 4. The number of carbonyl (C=O) groups is 1. The average molecular weight is 920 g/mol. The van der Waals surface area contributed by atoms with E-state index in [0.717, 1.165) is 44.1 Å². The number of rotatable bonds is 20. The zero-order valence-electron chi connectivity index (χ0n) is 37.0. The Labute approximate surface area is 383 Å². The molecule has 0 spiro atoms. The van der Waals surface area contributed by atoms with E-state index >= 15 is 0 Å². The van der Waals surface area contributed by atoms with E-state index in [0.29, 0.717) is 57.2 Å². The van der Waals surface area contributed by atoms with Crippen LogP contribution in [0.4, 0.5) is 0 Å². The molecule has 0 fully saturated rings. The van der Waals surface area contributed by atoms with E-state index in [-0.39, 0.29) is 32.3 Å². The number of ether oxygens (including phenoxy) is 7. The fourth-order valence-electron chi connectivity index (χ4n) is 6.97. The van der Waals surface area contributed by atoms with Crippen LogP contribution in [0.5, 0.6) is 28.9 Å². The Kier molecular flexibility index (Phi) is 15.1. The fourth-order valence-corrected chi connectivity index (χ4v) is 8.64. The summed E-state index contributed by atoms with van der Waals surface area (Å²) in [5.41, 5.74) is 5.84. The van der Waals surface area contributed by atoms with Crippen LogP contribution in [0.1, 0.15) is 23.7 Å². The summed E-state index contributed by atoms with van der Waals surface area (Å²) in [6.07, 6.45) is 2.47. The SMILES string of the molecule is CCOC(=O)[C@@H](Cc1ccccc1OCc1ccnc(-c2ccccc2OC)n1)Oc1nsc2cnc(-c3cccc(OC)c3)c(-c3ccc(OCOCC[Si](C)(C)C)c(Cl)c3C)c12. The summed E-state index contributed by atoms with van der Waals surface area (Å²) in [7, 11) is 1.98. The van der Waals surface area contributed by atoms with Crippen molar-refractivity contribution in [1.82, 2.24) is 19.3 Å². The largest absolute Gasteiger partial charge is 0.497 e. The first-order chi connectivity index (χ1) is 31.0. The zero-order chi connectivity index (χ0) is 45.2. The third kappa shape index (κ3) is 11.0. The van der Waals surface area contributed by atoms with E-state index in [1.807, 2.05) is 91.9 Å². The Morgan fingerprint density at radius 1 is 0.859 bits per heavy atom. The van der Waals surface area contributed by atoms with Crippen LogP contribution in [-0.2, 0) is 27.3 Å². The maximum absolute atomic E-state index is 13.8. The molecule has 7 aromatic rings. The predicted molar refractivity (Wildman–Crippen MR) is 254 cm³/mol. The van der Waals surface area contributed by atoms with Crippen LogP contribution in [0.3, 0.4) is 0 Å². The molecule has 0 unspecified atom stereocenters. The number of esters is 1. The lowest BCUT2D eigenvalue weighted by atomic mass is 9.93. The smallest absolute Gasteiger partial charge is 0.347 e. The number of pyridine rings is 1. The summed E-state index contributed by atoms with van der Waals surface area (Å²) in [5.74, 6) is 2.60. The Morgan fingerprint density at radius 3 is 2.44 bits per heavy atom. The molecule has 7 rings (SSSR count). The monoisotopic (exact) mass is 918 g/mol. The lowest BCUT2D eigenvalue weighted by molar-refractivity contribution is -0.151. The van der Waals surface area contributed by atoms with Crippen molar-refractivity contribution in [2.24, 2.45) is 0 Å². The van der Waals surface area contributed by atoms with Crippen LogP contribution in [0.15, 0.2) is 103 Å². The molecule has 0 N–H and O–H groups in total. The minimum Gasteiger partial charge on any atom is -0.497 e. The van der Waals surface area contributed by atoms with Gasteiger partial charge in [-0.15, -0.1) is 0 Å². The molecule has 0 radical (unpaired) electrons. The highest BCUT2D eigenvalue weighted by molar-refractivity contribution is 7.13. The van der Waals surface area contributed by atoms with Crippen molar-refractivity contribution < 1.29 is 38.0 Å². The van der Waals surface area contributed by atoms with Gasteiger partial charge in [0.2, 0.25) is 12.0 Å². The number of methoxy groups -OCH3 is 2. The maximum atomic E-state index is 13.8. The van der Waals surface area contributed by atoms with Crippen LogP contribution in [-0.4, -0.2) is 73.7 Å². The van der Waals surface area contributed by atoms with Gasteiger partial charge in [0.25, 0.3) is 0 Å². The normalized spacial score (nSPS) is 11.9. The number of halogens is 1. The quantitative estimate of drug-likeness (QED) is 0.0312. The van der Waals surface area contributed by atoms with Crippen molar-refractivity contribution in [1.29, 1.82) is 0 Å². The number of nitrogens with zero attached hydrogens (tertiary/aromatic N) is 4. The molecular formula is C49H51ClN4O8SSi. The highest BCUT2D eigenvalue weighted by Gasteiger charge is 2.29. The van der Waals surface area contributed by atoms with Crippen molar-refractivity contribution in [3.63, 3.8) is 0 Å². The molecule has 12 nitrogen and oxygen atoms in total. The second-order valence-corrected chi connectivity index (χ2v) is 22.8. The third-order valence-electron chi connectivity index (χ3n) is 10.4. The second-order valence-electron chi connectivity index (χ2n) is 16.0. The van der Waals surface area contributed by atoms with E-state index in [1.54, 1.807) is 39.6 Å². The molecule has 3 heterocycles. The number of hydrogen-bond acceptors (Lipinski definition) is 13. The average Bonchev–Trinajstić information content (AvgIpc) is 3.72. The van der Waals surface area contributed by atoms with Crippen LogP contribution >= 0.6 is 23.1 Å². The first-order valence-electron chi connectivity index (χ1n) is 20.9. The molecule has 0 aliphatic rings. The predicted octanol–water partition coefficient (Wildman–Crippen LogP) is 11.3.